The van der Waals surface area contributed by atoms with Crippen molar-refractivity contribution in [1.29, 1.82) is 10.5 Å². The van der Waals surface area contributed by atoms with Crippen LogP contribution in [0.4, 0.5) is 11.5 Å². The number of benzene rings is 1. The summed E-state index contributed by atoms with van der Waals surface area (Å²) in [6, 6.07) is 15.9. The number of nitrogens with two attached hydrogens (primary N) is 1. The maximum atomic E-state index is 12.7. The van der Waals surface area contributed by atoms with Gasteiger partial charge in [0, 0.05) is 34.8 Å². The number of anilines is 2. The third-order valence-corrected chi connectivity index (χ3v) is 6.79. The van der Waals surface area contributed by atoms with Crippen molar-refractivity contribution >= 4 is 40.5 Å². The van der Waals surface area contributed by atoms with E-state index in [1.807, 2.05) is 46.7 Å². The number of aromatic nitrogens is 1. The quantitative estimate of drug-likeness (QED) is 0.607. The molecule has 8 heteroatoms. The Labute approximate surface area is 182 Å². The normalized spacial score (nSPS) is 12.3. The van der Waals surface area contributed by atoms with E-state index >= 15 is 0 Å². The molecule has 6 nitrogen and oxygen atoms in total. The Morgan fingerprint density at radius 3 is 2.73 bits per heavy atom. The van der Waals surface area contributed by atoms with E-state index in [1.165, 1.54) is 28.7 Å². The van der Waals surface area contributed by atoms with Gasteiger partial charge in [0.15, 0.2) is 0 Å². The maximum Gasteiger partial charge on any atom is 0.227 e. The number of nitriles is 2. The number of para-hydroxylation sites is 1. The average Bonchev–Trinajstić information content (AvgIpc) is 3.43. The number of hydrogen-bond donors (Lipinski definition) is 1. The van der Waals surface area contributed by atoms with Gasteiger partial charge < -0.3 is 10.6 Å². The van der Waals surface area contributed by atoms with Crippen molar-refractivity contribution in [3.63, 3.8) is 0 Å². The Bertz CT molecular complexity index is 1190. The summed E-state index contributed by atoms with van der Waals surface area (Å²) in [7, 11) is 0. The molecule has 0 bridgehead atoms. The van der Waals surface area contributed by atoms with Crippen LogP contribution in [0, 0.1) is 22.7 Å². The molecule has 0 spiro atoms. The molecule has 1 aromatic carbocycles. The highest BCUT2D eigenvalue weighted by Crippen LogP contribution is 2.38. The van der Waals surface area contributed by atoms with Crippen LogP contribution in [0.2, 0.25) is 0 Å². The second-order valence-corrected chi connectivity index (χ2v) is 8.68. The third-order valence-electron chi connectivity index (χ3n) is 4.93. The number of thioether (sulfide) groups is 1. The van der Waals surface area contributed by atoms with Gasteiger partial charge in [-0.3, -0.25) is 4.79 Å². The van der Waals surface area contributed by atoms with Crippen LogP contribution in [-0.4, -0.2) is 23.2 Å². The fraction of sp³-hybridized carbons (Fsp3) is 0.182. The largest absolute Gasteiger partial charge is 0.383 e. The average molecular weight is 432 g/mol. The van der Waals surface area contributed by atoms with Crippen molar-refractivity contribution in [3.05, 3.63) is 58.5 Å². The van der Waals surface area contributed by atoms with Gasteiger partial charge in [-0.05, 0) is 29.5 Å². The lowest BCUT2D eigenvalue weighted by atomic mass is 10.0. The highest BCUT2D eigenvalue weighted by molar-refractivity contribution is 7.99. The Morgan fingerprint density at radius 1 is 1.20 bits per heavy atom. The minimum Gasteiger partial charge on any atom is -0.383 e. The number of carbonyl (C=O) groups excluding carboxylic acids is 1. The van der Waals surface area contributed by atoms with E-state index in [-0.39, 0.29) is 17.3 Å². The van der Waals surface area contributed by atoms with E-state index in [4.69, 9.17) is 5.73 Å². The molecule has 1 amide bonds. The summed E-state index contributed by atoms with van der Waals surface area (Å²) >= 11 is 2.75. The number of thiophene rings is 1. The number of amides is 1. The lowest BCUT2D eigenvalue weighted by Gasteiger charge is -2.17. The fourth-order valence-corrected chi connectivity index (χ4v) is 5.24. The molecule has 148 valence electrons. The van der Waals surface area contributed by atoms with Crippen molar-refractivity contribution in [3.8, 4) is 22.6 Å². The molecule has 1 aliphatic rings. The molecule has 0 saturated heterocycles. The standard InChI is InChI=1S/C22H17N5OS2/c23-12-15-20(18-6-3-10-29-18)16(13-24)22(26-21(15)25)30-11-8-19(28)27-9-7-14-4-1-2-5-17(14)27/h1-6,10H,7-9,11H2,(H2,25,26). The van der Waals surface area contributed by atoms with Crippen molar-refractivity contribution in [1.82, 2.24) is 4.98 Å². The molecule has 0 radical (unpaired) electrons. The zero-order valence-electron chi connectivity index (χ0n) is 16.0. The molecule has 0 fully saturated rings. The van der Waals surface area contributed by atoms with Crippen LogP contribution in [0.5, 0.6) is 0 Å². The van der Waals surface area contributed by atoms with Gasteiger partial charge in [-0.2, -0.15) is 10.5 Å². The number of carbonyl (C=O) groups is 1. The van der Waals surface area contributed by atoms with E-state index in [9.17, 15) is 15.3 Å². The van der Waals surface area contributed by atoms with Crippen molar-refractivity contribution in [2.75, 3.05) is 22.9 Å². The number of nitrogen functional groups attached to an aromatic ring is 1. The topological polar surface area (TPSA) is 107 Å². The first kappa shape index (κ1) is 20.0. The number of hydrogen-bond acceptors (Lipinski definition) is 7. The first-order valence-corrected chi connectivity index (χ1v) is 11.2. The zero-order valence-corrected chi connectivity index (χ0v) is 17.6. The predicted molar refractivity (Wildman–Crippen MR) is 119 cm³/mol. The second-order valence-electron chi connectivity index (χ2n) is 6.65. The van der Waals surface area contributed by atoms with E-state index in [0.29, 0.717) is 34.9 Å². The molecule has 2 aromatic heterocycles. The molecule has 0 aliphatic carbocycles. The smallest absolute Gasteiger partial charge is 0.227 e. The fourth-order valence-electron chi connectivity index (χ4n) is 3.54. The minimum absolute atomic E-state index is 0.0473. The lowest BCUT2D eigenvalue weighted by Crippen LogP contribution is -2.29. The van der Waals surface area contributed by atoms with E-state index in [1.54, 1.807) is 0 Å². The van der Waals surface area contributed by atoms with Gasteiger partial charge in [0.05, 0.1) is 5.56 Å². The first-order valence-electron chi connectivity index (χ1n) is 9.32. The van der Waals surface area contributed by atoms with Gasteiger partial charge in [-0.25, -0.2) is 4.98 Å². The van der Waals surface area contributed by atoms with Gasteiger partial charge in [0.25, 0.3) is 0 Å². The molecule has 3 heterocycles. The summed E-state index contributed by atoms with van der Waals surface area (Å²) in [6.07, 6.45) is 1.19. The first-order chi connectivity index (χ1) is 14.6. The molecule has 0 atom stereocenters. The summed E-state index contributed by atoms with van der Waals surface area (Å²) in [6.45, 7) is 0.691. The molecule has 0 saturated carbocycles. The van der Waals surface area contributed by atoms with Crippen molar-refractivity contribution in [2.24, 2.45) is 0 Å². The van der Waals surface area contributed by atoms with Gasteiger partial charge >= 0.3 is 0 Å². The Balaban J connectivity index is 1.54. The summed E-state index contributed by atoms with van der Waals surface area (Å²) in [5, 5.41) is 21.6. The van der Waals surface area contributed by atoms with Crippen LogP contribution in [0.1, 0.15) is 23.1 Å². The molecule has 30 heavy (non-hydrogen) atoms. The zero-order chi connectivity index (χ0) is 21.1. The molecule has 2 N–H and O–H groups in total. The van der Waals surface area contributed by atoms with Gasteiger partial charge in [-0.15, -0.1) is 23.1 Å². The summed E-state index contributed by atoms with van der Waals surface area (Å²) < 4.78 is 0. The molecule has 1 aliphatic heterocycles. The minimum atomic E-state index is 0.0473. The van der Waals surface area contributed by atoms with E-state index < -0.39 is 0 Å². The van der Waals surface area contributed by atoms with Crippen LogP contribution in [-0.2, 0) is 11.2 Å². The monoisotopic (exact) mass is 431 g/mol. The van der Waals surface area contributed by atoms with Crippen LogP contribution < -0.4 is 10.6 Å². The van der Waals surface area contributed by atoms with Crippen LogP contribution >= 0.6 is 23.1 Å². The molecule has 3 aromatic rings. The summed E-state index contributed by atoms with van der Waals surface area (Å²) in [5.41, 5.74) is 9.24. The van der Waals surface area contributed by atoms with Crippen molar-refractivity contribution < 1.29 is 4.79 Å². The van der Waals surface area contributed by atoms with Gasteiger partial charge in [0.1, 0.15) is 28.5 Å². The van der Waals surface area contributed by atoms with Crippen LogP contribution in [0.15, 0.2) is 46.8 Å². The Morgan fingerprint density at radius 2 is 2.00 bits per heavy atom. The summed E-state index contributed by atoms with van der Waals surface area (Å²) in [5.74, 6) is 0.613. The maximum absolute atomic E-state index is 12.7. The molecule has 0 unspecified atom stereocenters. The Kier molecular flexibility index (Phi) is 5.71. The van der Waals surface area contributed by atoms with Gasteiger partial charge in [-0.1, -0.05) is 24.3 Å². The Hall–Kier alpha value is -3.33. The highest BCUT2D eigenvalue weighted by Gasteiger charge is 2.25. The van der Waals surface area contributed by atoms with Crippen LogP contribution in [0.25, 0.3) is 10.4 Å². The SMILES string of the molecule is N#Cc1c(N)nc(SCCC(=O)N2CCc3ccccc32)c(C#N)c1-c1cccs1. The second kappa shape index (κ2) is 8.58. The van der Waals surface area contributed by atoms with Crippen LogP contribution in [0.3, 0.4) is 0 Å². The van der Waals surface area contributed by atoms with Crippen molar-refractivity contribution in [2.45, 2.75) is 17.9 Å². The summed E-state index contributed by atoms with van der Waals surface area (Å²) in [4.78, 5) is 19.6. The highest BCUT2D eigenvalue weighted by atomic mass is 32.2. The predicted octanol–water partition coefficient (Wildman–Crippen LogP) is 4.21. The molecular formula is C22H17N5OS2. The third kappa shape index (κ3) is 3.63. The number of nitrogens with zero attached hydrogens (tertiary/aromatic N) is 4. The van der Waals surface area contributed by atoms with E-state index in [0.717, 1.165) is 17.0 Å². The number of pyridine rings is 1. The van der Waals surface area contributed by atoms with Gasteiger partial charge in [0.2, 0.25) is 5.91 Å². The number of fused-ring (bicyclic) bond motifs is 1. The van der Waals surface area contributed by atoms with E-state index in [2.05, 4.69) is 17.1 Å². The molecule has 4 rings (SSSR count). The number of rotatable bonds is 5. The lowest BCUT2D eigenvalue weighted by molar-refractivity contribution is -0.118. The molecular weight excluding hydrogens is 414 g/mol.